The fourth-order valence-electron chi connectivity index (χ4n) is 3.45. The molecule has 1 aliphatic rings. The number of hydrogen-bond acceptors (Lipinski definition) is 4. The van der Waals surface area contributed by atoms with Crippen molar-refractivity contribution in [1.29, 1.82) is 0 Å². The van der Waals surface area contributed by atoms with E-state index in [0.717, 1.165) is 44.5 Å². The van der Waals surface area contributed by atoms with Crippen molar-refractivity contribution in [3.05, 3.63) is 65.7 Å². The van der Waals surface area contributed by atoms with Crippen LogP contribution in [0.1, 0.15) is 28.8 Å². The van der Waals surface area contributed by atoms with E-state index in [-0.39, 0.29) is 23.6 Å². The van der Waals surface area contributed by atoms with E-state index in [4.69, 9.17) is 5.73 Å². The van der Waals surface area contributed by atoms with Crippen LogP contribution < -0.4 is 5.73 Å². The number of aromatic nitrogens is 1. The Balaban J connectivity index is 1.46. The largest absolute Gasteiger partial charge is 0.326 e. The highest BCUT2D eigenvalue weighted by atomic mass is 19.1. The molecule has 2 aromatic rings. The Hall–Kier alpha value is -2.11. The fourth-order valence-corrected chi connectivity index (χ4v) is 3.45. The van der Waals surface area contributed by atoms with Gasteiger partial charge in [-0.05, 0) is 68.2 Å². The van der Waals surface area contributed by atoms with Crippen LogP contribution in [0.2, 0.25) is 0 Å². The minimum atomic E-state index is -0.311. The lowest BCUT2D eigenvalue weighted by molar-refractivity contribution is 0.0836. The average Bonchev–Trinajstić information content (AvgIpc) is 2.63. The normalized spacial score (nSPS) is 17.4. The number of ketones is 1. The van der Waals surface area contributed by atoms with Gasteiger partial charge in [0.15, 0.2) is 5.78 Å². The third-order valence-corrected chi connectivity index (χ3v) is 4.80. The highest BCUT2D eigenvalue weighted by Crippen LogP contribution is 2.22. The molecule has 1 aromatic carbocycles. The molecule has 1 aliphatic heterocycles. The number of piperidine rings is 1. The first kappa shape index (κ1) is 17.7. The molecule has 2 heterocycles. The monoisotopic (exact) mass is 341 g/mol. The lowest BCUT2D eigenvalue weighted by Gasteiger charge is -2.33. The Kier molecular flexibility index (Phi) is 5.89. The second kappa shape index (κ2) is 8.32. The van der Waals surface area contributed by atoms with E-state index in [0.29, 0.717) is 5.56 Å². The molecule has 0 aliphatic carbocycles. The first-order valence-corrected chi connectivity index (χ1v) is 8.78. The van der Waals surface area contributed by atoms with Crippen molar-refractivity contribution in [3.63, 3.8) is 0 Å². The van der Waals surface area contributed by atoms with Crippen LogP contribution in [0.15, 0.2) is 48.8 Å². The van der Waals surface area contributed by atoms with Gasteiger partial charge in [-0.15, -0.1) is 0 Å². The van der Waals surface area contributed by atoms with Gasteiger partial charge in [-0.25, -0.2) is 4.39 Å². The van der Waals surface area contributed by atoms with Crippen molar-refractivity contribution in [2.75, 3.05) is 19.6 Å². The van der Waals surface area contributed by atoms with Crippen LogP contribution in [-0.2, 0) is 6.42 Å². The van der Waals surface area contributed by atoms with E-state index in [1.807, 2.05) is 18.3 Å². The Labute approximate surface area is 147 Å². The van der Waals surface area contributed by atoms with Crippen molar-refractivity contribution < 1.29 is 9.18 Å². The van der Waals surface area contributed by atoms with E-state index in [2.05, 4.69) is 9.88 Å². The molecular formula is C20H24FN3O. The van der Waals surface area contributed by atoms with E-state index in [1.54, 1.807) is 18.3 Å². The summed E-state index contributed by atoms with van der Waals surface area (Å²) in [7, 11) is 0. The minimum Gasteiger partial charge on any atom is -0.326 e. The number of carbonyl (C=O) groups excluding carboxylic acids is 1. The molecule has 5 heteroatoms. The summed E-state index contributed by atoms with van der Waals surface area (Å²) in [5.41, 5.74) is 8.02. The van der Waals surface area contributed by atoms with Crippen molar-refractivity contribution in [2.24, 2.45) is 11.7 Å². The third kappa shape index (κ3) is 4.94. The molecule has 0 unspecified atom stereocenters. The molecule has 1 saturated heterocycles. The molecule has 0 saturated carbocycles. The predicted molar refractivity (Wildman–Crippen MR) is 95.8 cm³/mol. The van der Waals surface area contributed by atoms with Gasteiger partial charge in [0.2, 0.25) is 0 Å². The van der Waals surface area contributed by atoms with Crippen molar-refractivity contribution in [2.45, 2.75) is 25.3 Å². The standard InChI is InChI=1S/C20H24FN3O/c21-18-5-3-16(4-6-18)20(25)17-7-10-24(11-8-17)14-19(22)12-15-2-1-9-23-13-15/h1-6,9,13,17,19H,7-8,10-12,14,22H2/t19-/m0/s1. The SMILES string of the molecule is N[C@@H](Cc1cccnc1)CN1CCC(C(=O)c2ccc(F)cc2)CC1. The molecule has 0 bridgehead atoms. The number of benzene rings is 1. The third-order valence-electron chi connectivity index (χ3n) is 4.80. The van der Waals surface area contributed by atoms with E-state index >= 15 is 0 Å². The number of Topliss-reactive ketones (excluding diaryl/α,β-unsaturated/α-hetero) is 1. The summed E-state index contributed by atoms with van der Waals surface area (Å²) in [6.07, 6.45) is 6.08. The Morgan fingerprint density at radius 2 is 1.96 bits per heavy atom. The Bertz CT molecular complexity index is 682. The summed E-state index contributed by atoms with van der Waals surface area (Å²) in [4.78, 5) is 19.0. The van der Waals surface area contributed by atoms with Crippen LogP contribution >= 0.6 is 0 Å². The van der Waals surface area contributed by atoms with Gasteiger partial charge in [0.1, 0.15) is 5.82 Å². The number of nitrogens with two attached hydrogens (primary N) is 1. The van der Waals surface area contributed by atoms with Crippen LogP contribution in [0.25, 0.3) is 0 Å². The molecule has 3 rings (SSSR count). The second-order valence-corrected chi connectivity index (χ2v) is 6.77. The summed E-state index contributed by atoms with van der Waals surface area (Å²) in [6.45, 7) is 2.57. The Morgan fingerprint density at radius 3 is 2.60 bits per heavy atom. The van der Waals surface area contributed by atoms with Crippen molar-refractivity contribution >= 4 is 5.78 Å². The highest BCUT2D eigenvalue weighted by molar-refractivity contribution is 5.97. The second-order valence-electron chi connectivity index (χ2n) is 6.77. The predicted octanol–water partition coefficient (Wildman–Crippen LogP) is 2.69. The molecule has 1 fully saturated rings. The van der Waals surface area contributed by atoms with Crippen LogP contribution in [0.3, 0.4) is 0 Å². The number of likely N-dealkylation sites (tertiary alicyclic amines) is 1. The number of rotatable bonds is 6. The number of carbonyl (C=O) groups is 1. The summed E-state index contributed by atoms with van der Waals surface area (Å²) in [6, 6.07) is 9.88. The summed E-state index contributed by atoms with van der Waals surface area (Å²) in [5, 5.41) is 0. The molecule has 0 radical (unpaired) electrons. The maximum Gasteiger partial charge on any atom is 0.166 e. The van der Waals surface area contributed by atoms with Gasteiger partial charge in [-0.3, -0.25) is 9.78 Å². The fraction of sp³-hybridized carbons (Fsp3) is 0.400. The summed E-state index contributed by atoms with van der Waals surface area (Å²) >= 11 is 0. The van der Waals surface area contributed by atoms with E-state index < -0.39 is 0 Å². The van der Waals surface area contributed by atoms with Gasteiger partial charge in [-0.2, -0.15) is 0 Å². The number of pyridine rings is 1. The topological polar surface area (TPSA) is 59.2 Å². The summed E-state index contributed by atoms with van der Waals surface area (Å²) in [5.74, 6) is -0.162. The molecule has 4 nitrogen and oxygen atoms in total. The first-order valence-electron chi connectivity index (χ1n) is 8.78. The lowest BCUT2D eigenvalue weighted by atomic mass is 9.88. The molecular weight excluding hydrogens is 317 g/mol. The van der Waals surface area contributed by atoms with E-state index in [1.165, 1.54) is 12.1 Å². The smallest absolute Gasteiger partial charge is 0.166 e. The first-order chi connectivity index (χ1) is 12.1. The van der Waals surface area contributed by atoms with Crippen molar-refractivity contribution in [3.8, 4) is 0 Å². The van der Waals surface area contributed by atoms with Gasteiger partial charge in [0.25, 0.3) is 0 Å². The van der Waals surface area contributed by atoms with Crippen LogP contribution in [-0.4, -0.2) is 41.3 Å². The van der Waals surface area contributed by atoms with E-state index in [9.17, 15) is 9.18 Å². The maximum absolute atomic E-state index is 13.0. The molecule has 0 amide bonds. The van der Waals surface area contributed by atoms with Crippen LogP contribution in [0.4, 0.5) is 4.39 Å². The Morgan fingerprint density at radius 1 is 1.24 bits per heavy atom. The molecule has 2 N–H and O–H groups in total. The number of nitrogens with zero attached hydrogens (tertiary/aromatic N) is 2. The maximum atomic E-state index is 13.0. The minimum absolute atomic E-state index is 0.0243. The molecule has 0 spiro atoms. The highest BCUT2D eigenvalue weighted by Gasteiger charge is 2.26. The van der Waals surface area contributed by atoms with Crippen LogP contribution in [0.5, 0.6) is 0 Å². The molecule has 132 valence electrons. The lowest BCUT2D eigenvalue weighted by Crippen LogP contribution is -2.43. The van der Waals surface area contributed by atoms with Gasteiger partial charge in [-0.1, -0.05) is 6.07 Å². The average molecular weight is 341 g/mol. The van der Waals surface area contributed by atoms with Crippen molar-refractivity contribution in [1.82, 2.24) is 9.88 Å². The zero-order valence-corrected chi connectivity index (χ0v) is 14.3. The number of halogens is 1. The van der Waals surface area contributed by atoms with Gasteiger partial charge >= 0.3 is 0 Å². The zero-order valence-electron chi connectivity index (χ0n) is 14.3. The molecule has 1 aromatic heterocycles. The van der Waals surface area contributed by atoms with Gasteiger partial charge in [0, 0.05) is 36.5 Å². The molecule has 25 heavy (non-hydrogen) atoms. The molecule has 1 atom stereocenters. The number of hydrogen-bond donors (Lipinski definition) is 1. The van der Waals surface area contributed by atoms with Crippen LogP contribution in [0, 0.1) is 11.7 Å². The van der Waals surface area contributed by atoms with Gasteiger partial charge in [0.05, 0.1) is 0 Å². The quantitative estimate of drug-likeness (QED) is 0.821. The summed E-state index contributed by atoms with van der Waals surface area (Å²) < 4.78 is 13.0. The zero-order chi connectivity index (χ0) is 17.6. The van der Waals surface area contributed by atoms with Gasteiger partial charge < -0.3 is 10.6 Å².